The second-order valence-corrected chi connectivity index (χ2v) is 10.8. The maximum atomic E-state index is 12.3. The largest absolute Gasteiger partial charge is 0.388 e. The molecule has 0 unspecified atom stereocenters. The summed E-state index contributed by atoms with van der Waals surface area (Å²) in [6.07, 6.45) is 10.5. The summed E-state index contributed by atoms with van der Waals surface area (Å²) in [7, 11) is 1.94. The number of nitro benzene ring substituents is 1. The van der Waals surface area contributed by atoms with E-state index in [9.17, 15) is 20.0 Å². The van der Waals surface area contributed by atoms with E-state index >= 15 is 0 Å². The Bertz CT molecular complexity index is 1020. The molecule has 5 rings (SSSR count). The first kappa shape index (κ1) is 21.4. The highest BCUT2D eigenvalue weighted by Gasteiger charge is 2.61. The molecule has 3 aliphatic carbocycles. The highest BCUT2D eigenvalue weighted by molar-refractivity contribution is 5.89. The third-order valence-corrected chi connectivity index (χ3v) is 9.45. The van der Waals surface area contributed by atoms with Crippen LogP contribution in [0, 0.1) is 38.7 Å². The Hall–Kier alpha value is -2.47. The van der Waals surface area contributed by atoms with Gasteiger partial charge in [0.1, 0.15) is 0 Å². The predicted octanol–water partition coefficient (Wildman–Crippen LogP) is 4.59. The van der Waals surface area contributed by atoms with Crippen LogP contribution in [0.1, 0.15) is 51.5 Å². The minimum Gasteiger partial charge on any atom is -0.388 e. The van der Waals surface area contributed by atoms with E-state index in [0.29, 0.717) is 17.8 Å². The molecular formula is C26H32N2O4. The number of hydrogen-bond donors (Lipinski definition) is 1. The lowest BCUT2D eigenvalue weighted by Gasteiger charge is -2.59. The van der Waals surface area contributed by atoms with Crippen LogP contribution in [0.5, 0.6) is 0 Å². The molecule has 1 heterocycles. The highest BCUT2D eigenvalue weighted by Crippen LogP contribution is 2.65. The third kappa shape index (κ3) is 2.99. The Morgan fingerprint density at radius 2 is 1.88 bits per heavy atom. The van der Waals surface area contributed by atoms with Crippen LogP contribution < -0.4 is 0 Å². The number of carbonyl (C=O) groups is 1. The average Bonchev–Trinajstić information content (AvgIpc) is 3.02. The van der Waals surface area contributed by atoms with Gasteiger partial charge >= 0.3 is 0 Å². The van der Waals surface area contributed by atoms with Gasteiger partial charge in [-0.2, -0.15) is 0 Å². The van der Waals surface area contributed by atoms with E-state index in [1.165, 1.54) is 12.1 Å². The van der Waals surface area contributed by atoms with E-state index < -0.39 is 11.0 Å². The summed E-state index contributed by atoms with van der Waals surface area (Å²) in [6.45, 7) is 4.58. The minimum absolute atomic E-state index is 0.0112. The molecule has 32 heavy (non-hydrogen) atoms. The van der Waals surface area contributed by atoms with Gasteiger partial charge in [-0.15, -0.1) is 0 Å². The first-order chi connectivity index (χ1) is 15.1. The van der Waals surface area contributed by atoms with Gasteiger partial charge in [0.25, 0.3) is 5.69 Å². The molecule has 170 valence electrons. The third-order valence-electron chi connectivity index (χ3n) is 9.45. The van der Waals surface area contributed by atoms with Crippen molar-refractivity contribution in [1.29, 1.82) is 0 Å². The maximum Gasteiger partial charge on any atom is 0.269 e. The molecule has 3 fully saturated rings. The molecule has 6 nitrogen and oxygen atoms in total. The molecule has 3 saturated carbocycles. The van der Waals surface area contributed by atoms with E-state index in [1.54, 1.807) is 18.2 Å². The Morgan fingerprint density at radius 1 is 1.16 bits per heavy atom. The quantitative estimate of drug-likeness (QED) is 0.543. The molecule has 4 aliphatic rings. The summed E-state index contributed by atoms with van der Waals surface area (Å²) < 4.78 is 0. The molecule has 1 N–H and O–H groups in total. The Morgan fingerprint density at radius 3 is 2.56 bits per heavy atom. The van der Waals surface area contributed by atoms with E-state index in [-0.39, 0.29) is 28.5 Å². The number of benzene rings is 1. The number of aliphatic hydroxyl groups excluding tert-OH is 1. The van der Waals surface area contributed by atoms with Crippen LogP contribution in [-0.2, 0) is 4.79 Å². The van der Waals surface area contributed by atoms with Crippen molar-refractivity contribution in [3.05, 3.63) is 57.7 Å². The number of non-ortho nitro benzene ring substituents is 1. The minimum atomic E-state index is -0.486. The number of carbonyl (C=O) groups excluding carboxylic acids is 1. The summed E-state index contributed by atoms with van der Waals surface area (Å²) in [4.78, 5) is 24.8. The molecule has 0 aromatic heterocycles. The highest BCUT2D eigenvalue weighted by atomic mass is 16.6. The fourth-order valence-corrected chi connectivity index (χ4v) is 7.64. The lowest BCUT2D eigenvalue weighted by Crippen LogP contribution is -2.59. The monoisotopic (exact) mass is 436 g/mol. The Kier molecular flexibility index (Phi) is 4.86. The molecule has 1 amide bonds. The van der Waals surface area contributed by atoms with E-state index in [2.05, 4.69) is 19.9 Å². The molecule has 0 radical (unpaired) electrons. The van der Waals surface area contributed by atoms with Crippen LogP contribution >= 0.6 is 0 Å². The zero-order valence-electron chi connectivity index (χ0n) is 19.0. The summed E-state index contributed by atoms with van der Waals surface area (Å²) in [5, 5.41) is 22.3. The molecule has 6 heteroatoms. The van der Waals surface area contributed by atoms with Gasteiger partial charge in [0.05, 0.1) is 11.0 Å². The van der Waals surface area contributed by atoms with Crippen LogP contribution in [0.4, 0.5) is 5.69 Å². The number of fused-ring (bicyclic) bond motifs is 5. The van der Waals surface area contributed by atoms with Gasteiger partial charge in [0, 0.05) is 36.1 Å². The van der Waals surface area contributed by atoms with Crippen molar-refractivity contribution in [2.45, 2.75) is 58.1 Å². The van der Waals surface area contributed by atoms with Crippen LogP contribution in [0.25, 0.3) is 6.08 Å². The predicted molar refractivity (Wildman–Crippen MR) is 123 cm³/mol. The summed E-state index contributed by atoms with van der Waals surface area (Å²) in [5.41, 5.74) is 1.87. The number of aliphatic hydroxyl groups is 1. The van der Waals surface area contributed by atoms with Crippen molar-refractivity contribution in [3.63, 3.8) is 0 Å². The number of nitrogens with zero attached hydrogens (tertiary/aromatic N) is 2. The van der Waals surface area contributed by atoms with E-state index in [1.807, 2.05) is 18.0 Å². The van der Waals surface area contributed by atoms with Crippen molar-refractivity contribution < 1.29 is 14.8 Å². The zero-order chi connectivity index (χ0) is 22.8. The fourth-order valence-electron chi connectivity index (χ4n) is 7.64. The summed E-state index contributed by atoms with van der Waals surface area (Å²) in [5.74, 6) is 1.56. The number of likely N-dealkylation sites (N-methyl/N-ethyl adjacent to an activating group) is 1. The lowest BCUT2D eigenvalue weighted by molar-refractivity contribution is -0.384. The Labute approximate surface area is 189 Å². The van der Waals surface area contributed by atoms with Crippen LogP contribution in [0.15, 0.2) is 42.0 Å². The normalized spacial score (nSPS) is 41.9. The van der Waals surface area contributed by atoms with Crippen LogP contribution in [0.2, 0.25) is 0 Å². The summed E-state index contributed by atoms with van der Waals surface area (Å²) >= 11 is 0. The SMILES string of the molecule is CN1C(=O)C=C[C@]2(C)[C@H]3CC[C@]4(C)[C@@H](O)/C(=C\c5ccc([N+](=O)[O-])cc5)C[C@H]4[C@@H]3CC[C@@H]12. The number of hydrogen-bond acceptors (Lipinski definition) is 4. The fraction of sp³-hybridized carbons (Fsp3) is 0.577. The van der Waals surface area contributed by atoms with Crippen molar-refractivity contribution in [3.8, 4) is 0 Å². The lowest BCUT2D eigenvalue weighted by atomic mass is 9.48. The van der Waals surface area contributed by atoms with Gasteiger partial charge < -0.3 is 10.0 Å². The van der Waals surface area contributed by atoms with Crippen molar-refractivity contribution in [2.24, 2.45) is 28.6 Å². The first-order valence-electron chi connectivity index (χ1n) is 11.7. The standard InChI is InChI=1S/C26H32N2O4/c1-25-13-11-23(29)27(3)22(25)9-8-19-20(25)10-12-26(2)21(19)15-17(24(26)30)14-16-4-6-18(7-5-16)28(31)32/h4-7,11,13-14,19-22,24,30H,8-10,12,15H2,1-3H3/b17-14-/t19-,20+,21+,22-,24+,25-,26+/m1/s1. The van der Waals surface area contributed by atoms with Crippen molar-refractivity contribution in [2.75, 3.05) is 7.05 Å². The molecule has 1 aromatic rings. The number of amides is 1. The van der Waals surface area contributed by atoms with Gasteiger partial charge in [-0.3, -0.25) is 14.9 Å². The average molecular weight is 437 g/mol. The first-order valence-corrected chi connectivity index (χ1v) is 11.7. The molecule has 0 saturated heterocycles. The van der Waals surface area contributed by atoms with Crippen LogP contribution in [-0.4, -0.2) is 40.0 Å². The van der Waals surface area contributed by atoms with Gasteiger partial charge in [0.2, 0.25) is 5.91 Å². The second kappa shape index (κ2) is 7.27. The molecule has 0 bridgehead atoms. The van der Waals surface area contributed by atoms with Crippen molar-refractivity contribution >= 4 is 17.7 Å². The molecule has 1 aliphatic heterocycles. The van der Waals surface area contributed by atoms with Gasteiger partial charge in [0.15, 0.2) is 0 Å². The zero-order valence-corrected chi connectivity index (χ0v) is 19.0. The molecule has 1 aromatic carbocycles. The smallest absolute Gasteiger partial charge is 0.269 e. The van der Waals surface area contributed by atoms with E-state index in [0.717, 1.165) is 43.2 Å². The van der Waals surface area contributed by atoms with Crippen LogP contribution in [0.3, 0.4) is 0 Å². The van der Waals surface area contributed by atoms with Gasteiger partial charge in [-0.05, 0) is 79.2 Å². The molecule has 7 atom stereocenters. The molecular weight excluding hydrogens is 404 g/mol. The van der Waals surface area contributed by atoms with Gasteiger partial charge in [-0.1, -0.05) is 26.0 Å². The van der Waals surface area contributed by atoms with Crippen molar-refractivity contribution in [1.82, 2.24) is 4.90 Å². The summed E-state index contributed by atoms with van der Waals surface area (Å²) in [6, 6.07) is 6.82. The number of nitro groups is 1. The number of rotatable bonds is 2. The topological polar surface area (TPSA) is 83.7 Å². The molecule has 0 spiro atoms. The second-order valence-electron chi connectivity index (χ2n) is 10.8. The maximum absolute atomic E-state index is 12.3. The Balaban J connectivity index is 1.44. The van der Waals surface area contributed by atoms with E-state index in [4.69, 9.17) is 0 Å². The van der Waals surface area contributed by atoms with Gasteiger partial charge in [-0.25, -0.2) is 0 Å².